The average molecular weight is 323 g/mol. The molecule has 1 N–H and O–H groups in total. The quantitative estimate of drug-likeness (QED) is 0.918. The summed E-state index contributed by atoms with van der Waals surface area (Å²) in [7, 11) is 1.91. The van der Waals surface area contributed by atoms with Gasteiger partial charge in [-0.3, -0.25) is 9.58 Å². The monoisotopic (exact) mass is 323 g/mol. The zero-order chi connectivity index (χ0) is 17.0. The second kappa shape index (κ2) is 7.29. The van der Waals surface area contributed by atoms with E-state index in [1.54, 1.807) is 11.0 Å². The Kier molecular flexibility index (Phi) is 5.62. The third kappa shape index (κ3) is 5.20. The SMILES string of the molecule is CC(NC(=O)OC(C)(C)C)C1CCCCN1Cc1ncnn1C. The van der Waals surface area contributed by atoms with Crippen molar-refractivity contribution in [3.63, 3.8) is 0 Å². The molecule has 0 aromatic carbocycles. The first-order valence-electron chi connectivity index (χ1n) is 8.33. The number of nitrogens with one attached hydrogen (secondary N) is 1. The molecule has 7 heteroatoms. The first kappa shape index (κ1) is 17.7. The highest BCUT2D eigenvalue weighted by molar-refractivity contribution is 5.68. The fraction of sp³-hybridized carbons (Fsp3) is 0.812. The average Bonchev–Trinajstić information content (AvgIpc) is 2.82. The molecule has 23 heavy (non-hydrogen) atoms. The maximum atomic E-state index is 12.0. The van der Waals surface area contributed by atoms with Crippen LogP contribution in [0.25, 0.3) is 0 Å². The summed E-state index contributed by atoms with van der Waals surface area (Å²) in [5.74, 6) is 0.946. The Balaban J connectivity index is 1.97. The Morgan fingerprint density at radius 1 is 1.48 bits per heavy atom. The molecular formula is C16H29N5O2. The predicted molar refractivity (Wildman–Crippen MR) is 87.9 cm³/mol. The van der Waals surface area contributed by atoms with Crippen LogP contribution in [0.4, 0.5) is 4.79 Å². The summed E-state index contributed by atoms with van der Waals surface area (Å²) in [6, 6.07) is 0.311. The number of nitrogens with zero attached hydrogens (tertiary/aromatic N) is 4. The van der Waals surface area contributed by atoms with Crippen molar-refractivity contribution < 1.29 is 9.53 Å². The van der Waals surface area contributed by atoms with Crippen LogP contribution in [0, 0.1) is 0 Å². The van der Waals surface area contributed by atoms with Crippen LogP contribution in [0.2, 0.25) is 0 Å². The summed E-state index contributed by atoms with van der Waals surface area (Å²) in [5.41, 5.74) is -0.477. The van der Waals surface area contributed by atoms with Gasteiger partial charge in [0, 0.05) is 19.1 Å². The number of ether oxygens (including phenoxy) is 1. The molecule has 7 nitrogen and oxygen atoms in total. The van der Waals surface area contributed by atoms with Crippen molar-refractivity contribution >= 4 is 6.09 Å². The van der Waals surface area contributed by atoms with E-state index in [-0.39, 0.29) is 18.2 Å². The number of carbonyl (C=O) groups excluding carboxylic acids is 1. The van der Waals surface area contributed by atoms with Crippen LogP contribution >= 0.6 is 0 Å². The number of carbonyl (C=O) groups is 1. The molecule has 2 unspecified atom stereocenters. The van der Waals surface area contributed by atoms with E-state index in [0.717, 1.165) is 25.3 Å². The number of piperidine rings is 1. The highest BCUT2D eigenvalue weighted by atomic mass is 16.6. The van der Waals surface area contributed by atoms with Crippen LogP contribution in [0.3, 0.4) is 0 Å². The van der Waals surface area contributed by atoms with Crippen LogP contribution in [-0.4, -0.2) is 50.0 Å². The van der Waals surface area contributed by atoms with Crippen molar-refractivity contribution in [2.75, 3.05) is 6.54 Å². The van der Waals surface area contributed by atoms with Crippen LogP contribution in [0.1, 0.15) is 52.8 Å². The van der Waals surface area contributed by atoms with Gasteiger partial charge in [0.05, 0.1) is 6.54 Å². The zero-order valence-corrected chi connectivity index (χ0v) is 14.9. The normalized spacial score (nSPS) is 21.0. The standard InChI is InChI=1S/C16H29N5O2/c1-12(19-15(22)23-16(2,3)4)13-8-6-7-9-21(13)10-14-17-11-18-20(14)5/h11-13H,6-10H2,1-5H3,(H,19,22). The van der Waals surface area contributed by atoms with Gasteiger partial charge in [-0.25, -0.2) is 9.78 Å². The minimum atomic E-state index is -0.477. The Labute approximate surface area is 138 Å². The number of hydrogen-bond donors (Lipinski definition) is 1. The van der Waals surface area contributed by atoms with Gasteiger partial charge in [0.25, 0.3) is 0 Å². The molecular weight excluding hydrogens is 294 g/mol. The number of rotatable bonds is 4. The van der Waals surface area contributed by atoms with Crippen molar-refractivity contribution in [3.8, 4) is 0 Å². The van der Waals surface area contributed by atoms with Crippen molar-refractivity contribution in [2.45, 2.75) is 71.2 Å². The first-order valence-corrected chi connectivity index (χ1v) is 8.33. The van der Waals surface area contributed by atoms with Gasteiger partial charge in [0.15, 0.2) is 0 Å². The number of hydrogen-bond acceptors (Lipinski definition) is 5. The lowest BCUT2D eigenvalue weighted by atomic mass is 9.96. The summed E-state index contributed by atoms with van der Waals surface area (Å²) >= 11 is 0. The van der Waals surface area contributed by atoms with Gasteiger partial charge in [0.2, 0.25) is 0 Å². The Hall–Kier alpha value is -1.63. The van der Waals surface area contributed by atoms with E-state index in [1.807, 2.05) is 34.7 Å². The minimum Gasteiger partial charge on any atom is -0.444 e. The molecule has 130 valence electrons. The van der Waals surface area contributed by atoms with Crippen molar-refractivity contribution in [3.05, 3.63) is 12.2 Å². The molecule has 0 spiro atoms. The van der Waals surface area contributed by atoms with E-state index in [9.17, 15) is 4.79 Å². The number of alkyl carbamates (subject to hydrolysis) is 1. The molecule has 2 heterocycles. The fourth-order valence-electron chi connectivity index (χ4n) is 3.01. The molecule has 0 saturated carbocycles. The molecule has 2 rings (SSSR count). The second-order valence-corrected chi connectivity index (χ2v) is 7.27. The second-order valence-electron chi connectivity index (χ2n) is 7.27. The van der Waals surface area contributed by atoms with Gasteiger partial charge in [-0.05, 0) is 47.1 Å². The van der Waals surface area contributed by atoms with Gasteiger partial charge >= 0.3 is 6.09 Å². The predicted octanol–water partition coefficient (Wildman–Crippen LogP) is 2.08. The van der Waals surface area contributed by atoms with Crippen molar-refractivity contribution in [1.29, 1.82) is 0 Å². The van der Waals surface area contributed by atoms with E-state index in [0.29, 0.717) is 0 Å². The first-order chi connectivity index (χ1) is 10.8. The lowest BCUT2D eigenvalue weighted by Crippen LogP contribution is -2.52. The lowest BCUT2D eigenvalue weighted by molar-refractivity contribution is 0.0433. The fourth-order valence-corrected chi connectivity index (χ4v) is 3.01. The van der Waals surface area contributed by atoms with Gasteiger partial charge in [-0.1, -0.05) is 6.42 Å². The highest BCUT2D eigenvalue weighted by Gasteiger charge is 2.30. The van der Waals surface area contributed by atoms with Crippen LogP contribution in [-0.2, 0) is 18.3 Å². The van der Waals surface area contributed by atoms with E-state index < -0.39 is 5.60 Å². The molecule has 0 aliphatic carbocycles. The molecule has 0 bridgehead atoms. The van der Waals surface area contributed by atoms with Gasteiger partial charge < -0.3 is 10.1 Å². The summed E-state index contributed by atoms with van der Waals surface area (Å²) in [6.07, 6.45) is 4.65. The molecule has 1 aromatic heterocycles. The molecule has 1 aliphatic rings. The third-order valence-corrected chi connectivity index (χ3v) is 4.14. The summed E-state index contributed by atoms with van der Waals surface area (Å²) in [6.45, 7) is 9.43. The van der Waals surface area contributed by atoms with E-state index >= 15 is 0 Å². The van der Waals surface area contributed by atoms with E-state index in [1.165, 1.54) is 12.8 Å². The minimum absolute atomic E-state index is 0.0263. The van der Waals surface area contributed by atoms with Crippen LogP contribution in [0.15, 0.2) is 6.33 Å². The number of likely N-dealkylation sites (tertiary alicyclic amines) is 1. The molecule has 1 amide bonds. The number of aromatic nitrogens is 3. The van der Waals surface area contributed by atoms with Gasteiger partial charge in [0.1, 0.15) is 17.8 Å². The largest absolute Gasteiger partial charge is 0.444 e. The topological polar surface area (TPSA) is 72.3 Å². The molecule has 1 fully saturated rings. The smallest absolute Gasteiger partial charge is 0.407 e. The summed E-state index contributed by atoms with van der Waals surface area (Å²) in [4.78, 5) is 18.7. The summed E-state index contributed by atoms with van der Waals surface area (Å²) in [5, 5.41) is 7.11. The van der Waals surface area contributed by atoms with E-state index in [2.05, 4.69) is 20.3 Å². The van der Waals surface area contributed by atoms with Gasteiger partial charge in [-0.15, -0.1) is 0 Å². The molecule has 1 aromatic rings. The highest BCUT2D eigenvalue weighted by Crippen LogP contribution is 2.22. The molecule has 0 radical (unpaired) electrons. The Morgan fingerprint density at radius 3 is 2.83 bits per heavy atom. The maximum absolute atomic E-state index is 12.0. The molecule has 1 saturated heterocycles. The number of amides is 1. The zero-order valence-electron chi connectivity index (χ0n) is 14.9. The Bertz CT molecular complexity index is 523. The summed E-state index contributed by atoms with van der Waals surface area (Å²) < 4.78 is 7.17. The van der Waals surface area contributed by atoms with Crippen LogP contribution < -0.4 is 5.32 Å². The molecule has 2 atom stereocenters. The van der Waals surface area contributed by atoms with Crippen molar-refractivity contribution in [2.24, 2.45) is 7.05 Å². The Morgan fingerprint density at radius 2 is 2.22 bits per heavy atom. The lowest BCUT2D eigenvalue weighted by Gasteiger charge is -2.39. The third-order valence-electron chi connectivity index (χ3n) is 4.14. The van der Waals surface area contributed by atoms with Crippen molar-refractivity contribution in [1.82, 2.24) is 25.0 Å². The van der Waals surface area contributed by atoms with E-state index in [4.69, 9.17) is 4.74 Å². The maximum Gasteiger partial charge on any atom is 0.407 e. The number of aryl methyl sites for hydroxylation is 1. The molecule has 1 aliphatic heterocycles. The van der Waals surface area contributed by atoms with Gasteiger partial charge in [-0.2, -0.15) is 5.10 Å². The van der Waals surface area contributed by atoms with Crippen LogP contribution in [0.5, 0.6) is 0 Å².